The molecule has 14 amide bonds. The van der Waals surface area contributed by atoms with Crippen LogP contribution < -0.4 is 74.4 Å². The summed E-state index contributed by atoms with van der Waals surface area (Å²) in [5.74, 6) is -13.8. The first-order valence-corrected chi connectivity index (χ1v) is 46.2. The smallest absolute Gasteiger partial charge is 0.327 e. The molecule has 44 heteroatoms. The molecule has 137 heavy (non-hydrogen) atoms. The van der Waals surface area contributed by atoms with Crippen LogP contribution in [0.4, 0.5) is 10.5 Å². The lowest BCUT2D eigenvalue weighted by Crippen LogP contribution is -2.57. The van der Waals surface area contributed by atoms with Crippen molar-refractivity contribution in [1.82, 2.24) is 93.7 Å². The summed E-state index contributed by atoms with van der Waals surface area (Å²) in [6.07, 6.45) is 3.58. The summed E-state index contributed by atoms with van der Waals surface area (Å²) in [5, 5.41) is 78.7. The number of nitrogens with two attached hydrogens (primary N) is 1. The predicted octanol–water partition coefficient (Wildman–Crippen LogP) is 1.56. The number of carboxylic acids is 4. The molecule has 5 heterocycles. The number of nitrogens with zero attached hydrogens (tertiary/aromatic N) is 5. The summed E-state index contributed by atoms with van der Waals surface area (Å²) >= 11 is 0.798. The lowest BCUT2D eigenvalue weighted by atomic mass is 9.95. The summed E-state index contributed by atoms with van der Waals surface area (Å²) in [4.78, 5) is 232. The van der Waals surface area contributed by atoms with E-state index in [0.29, 0.717) is 108 Å². The number of hydrogen-bond donors (Lipinski definition) is 19. The number of carboxylic acid groups (broad SMARTS) is 4. The summed E-state index contributed by atoms with van der Waals surface area (Å²) in [6.45, 7) is 1.57. The number of nitrogens with one attached hydrogen (secondary N) is 14. The first-order chi connectivity index (χ1) is 66.1. The van der Waals surface area contributed by atoms with Crippen molar-refractivity contribution in [2.75, 3.05) is 96.0 Å². The summed E-state index contributed by atoms with van der Waals surface area (Å²) < 4.78 is 13.0. The van der Waals surface area contributed by atoms with Gasteiger partial charge in [-0.1, -0.05) is 134 Å². The lowest BCUT2D eigenvalue weighted by molar-refractivity contribution is -0.141. The monoisotopic (exact) mass is 1910 g/mol. The summed E-state index contributed by atoms with van der Waals surface area (Å²) in [6, 6.07) is 28.4. The van der Waals surface area contributed by atoms with E-state index in [1.165, 1.54) is 0 Å². The highest BCUT2D eigenvalue weighted by molar-refractivity contribution is 8.00. The first-order valence-electron chi connectivity index (χ1n) is 45.2. The molecule has 0 radical (unpaired) electrons. The number of imide groups is 1. The lowest BCUT2D eigenvalue weighted by Gasteiger charge is -2.29. The third-order valence-corrected chi connectivity index (χ3v) is 23.8. The van der Waals surface area contributed by atoms with Crippen LogP contribution >= 0.6 is 11.8 Å². The molecule has 0 saturated carbocycles. The van der Waals surface area contributed by atoms with Crippen LogP contribution in [-0.2, 0) is 119 Å². The highest BCUT2D eigenvalue weighted by atomic mass is 32.2. The number of aromatic nitrogens is 5. The number of ether oxygens (including phenoxy) is 2. The van der Waals surface area contributed by atoms with Gasteiger partial charge in [-0.15, -0.1) is 16.9 Å². The van der Waals surface area contributed by atoms with E-state index in [0.717, 1.165) is 39.0 Å². The van der Waals surface area contributed by atoms with Gasteiger partial charge in [-0.2, -0.15) is 0 Å². The molecule has 10 rings (SSSR count). The van der Waals surface area contributed by atoms with Crippen molar-refractivity contribution in [2.24, 2.45) is 5.73 Å². The fraction of sp³-hybridized carbons (Fsp3) is 0.430. The molecule has 43 nitrogen and oxygen atoms in total. The third kappa shape index (κ3) is 32.9. The molecule has 5 aromatic carbocycles. The Labute approximate surface area is 791 Å². The van der Waals surface area contributed by atoms with Crippen LogP contribution in [0.5, 0.6) is 0 Å². The van der Waals surface area contributed by atoms with Crippen molar-refractivity contribution < 1.29 is 111 Å². The first kappa shape index (κ1) is 105. The number of thioether (sulfide) groups is 1. The highest BCUT2D eigenvalue weighted by Crippen LogP contribution is 2.41. The molecule has 20 N–H and O–H groups in total. The van der Waals surface area contributed by atoms with Gasteiger partial charge in [0.15, 0.2) is 0 Å². The Morgan fingerprint density at radius 1 is 0.474 bits per heavy atom. The van der Waals surface area contributed by atoms with Gasteiger partial charge in [-0.25, -0.2) is 23.9 Å². The van der Waals surface area contributed by atoms with E-state index < -0.39 is 162 Å². The Morgan fingerprint density at radius 3 is 1.68 bits per heavy atom. The summed E-state index contributed by atoms with van der Waals surface area (Å²) in [5.41, 5.74) is 13.6. The Hall–Kier alpha value is -14.5. The number of benzene rings is 5. The van der Waals surface area contributed by atoms with Crippen LogP contribution in [0.1, 0.15) is 112 Å². The SMILES string of the molecule is NCCNCCn1nnc2c1-c1ccccc1N(C(=O)CCNC(=O)CCOCCOCCNC(=O)CCN1C(=O)CC(SCC(NC(=O)CNC(=O)C(Cc3c[nH]c4ccccc34)NC(=O)C(Cc3c[nH]c4ccccc34)NC(=O)CNC(=O)C(Cc3ccccc3)NC(=O)CCCCCCCNC(=O)CC[C@H](NC(=O)N[C@@H](CCC(=O)O)C(=O)O)C(=O)O)C(=O)O)C1=O)Cc1ccccc1-2. The van der Waals surface area contributed by atoms with E-state index >= 15 is 0 Å². The number of likely N-dealkylation sites (tertiary alicyclic amines) is 1. The quantitative estimate of drug-likeness (QED) is 0.0190. The van der Waals surface area contributed by atoms with Crippen molar-refractivity contribution >= 4 is 140 Å². The minimum Gasteiger partial charge on any atom is -0.481 e. The van der Waals surface area contributed by atoms with Gasteiger partial charge >= 0.3 is 29.9 Å². The number of H-pyrrole nitrogens is 2. The van der Waals surface area contributed by atoms with Crippen molar-refractivity contribution in [1.29, 1.82) is 0 Å². The van der Waals surface area contributed by atoms with Gasteiger partial charge in [0.1, 0.15) is 41.9 Å². The number of urea groups is 1. The van der Waals surface area contributed by atoms with Crippen LogP contribution in [0, 0.1) is 0 Å². The fourth-order valence-corrected chi connectivity index (χ4v) is 16.6. The number of carbonyl (C=O) groups excluding carboxylic acids is 13. The van der Waals surface area contributed by atoms with Gasteiger partial charge in [-0.3, -0.25) is 67.2 Å². The van der Waals surface area contributed by atoms with Crippen molar-refractivity contribution in [2.45, 2.75) is 164 Å². The molecule has 2 aliphatic heterocycles. The number of hydrogen-bond acceptors (Lipinski definition) is 24. The van der Waals surface area contributed by atoms with Crippen LogP contribution in [0.2, 0.25) is 0 Å². The normalized spacial score (nSPS) is 14.0. The van der Waals surface area contributed by atoms with E-state index in [2.05, 4.69) is 78.8 Å². The second-order valence-corrected chi connectivity index (χ2v) is 33.8. The number of amides is 14. The summed E-state index contributed by atoms with van der Waals surface area (Å²) in [7, 11) is 0. The molecule has 0 bridgehead atoms. The second kappa shape index (κ2) is 54.1. The molecule has 0 spiro atoms. The zero-order chi connectivity index (χ0) is 98.1. The Balaban J connectivity index is 0.632. The molecule has 732 valence electrons. The van der Waals surface area contributed by atoms with Crippen molar-refractivity contribution in [3.8, 4) is 22.5 Å². The van der Waals surface area contributed by atoms with Gasteiger partial charge in [0.05, 0.1) is 69.2 Å². The Kier molecular flexibility index (Phi) is 41.3. The Bertz CT molecular complexity index is 5560. The molecular weight excluding hydrogens is 1800 g/mol. The maximum atomic E-state index is 14.9. The molecule has 1 fully saturated rings. The average Bonchev–Trinajstić information content (AvgIpc) is 1.67. The van der Waals surface area contributed by atoms with Gasteiger partial charge in [0.25, 0.3) is 0 Å². The number of unbranched alkanes of at least 4 members (excludes halogenated alkanes) is 4. The number of fused-ring (bicyclic) bond motifs is 7. The number of anilines is 1. The molecular formula is C93H116N20O23S. The third-order valence-electron chi connectivity index (χ3n) is 22.5. The van der Waals surface area contributed by atoms with Gasteiger partial charge in [0, 0.05) is 161 Å². The molecule has 1 saturated heterocycles. The zero-order valence-electron chi connectivity index (χ0n) is 75.4. The maximum absolute atomic E-state index is 14.9. The molecule has 8 aromatic rings. The minimum absolute atomic E-state index is 0.0177. The van der Waals surface area contributed by atoms with Crippen molar-refractivity contribution in [3.05, 3.63) is 162 Å². The number of aromatic amines is 2. The van der Waals surface area contributed by atoms with E-state index in [9.17, 15) is 96.8 Å². The fourth-order valence-electron chi connectivity index (χ4n) is 15.4. The van der Waals surface area contributed by atoms with Crippen LogP contribution in [-0.4, -0.2) is 284 Å². The molecule has 5 unspecified atom stereocenters. The average molecular weight is 1910 g/mol. The van der Waals surface area contributed by atoms with Crippen LogP contribution in [0.25, 0.3) is 44.3 Å². The van der Waals surface area contributed by atoms with E-state index in [-0.39, 0.29) is 135 Å². The second-order valence-electron chi connectivity index (χ2n) is 32.5. The molecule has 3 aromatic heterocycles. The van der Waals surface area contributed by atoms with E-state index in [4.69, 9.17) is 20.3 Å². The van der Waals surface area contributed by atoms with Crippen molar-refractivity contribution in [3.63, 3.8) is 0 Å². The van der Waals surface area contributed by atoms with E-state index in [1.807, 2.05) is 58.5 Å². The maximum Gasteiger partial charge on any atom is 0.327 e. The molecule has 0 aliphatic carbocycles. The Morgan fingerprint density at radius 2 is 1.02 bits per heavy atom. The minimum atomic E-state index is -1.65. The van der Waals surface area contributed by atoms with E-state index in [1.54, 1.807) is 96.2 Å². The number of para-hydroxylation sites is 3. The largest absolute Gasteiger partial charge is 0.481 e. The number of rotatable bonds is 59. The zero-order valence-corrected chi connectivity index (χ0v) is 76.2. The topological polar surface area (TPSA) is 629 Å². The predicted molar refractivity (Wildman–Crippen MR) is 500 cm³/mol. The molecule has 2 aliphatic rings. The van der Waals surface area contributed by atoms with Gasteiger partial charge < -0.3 is 114 Å². The highest BCUT2D eigenvalue weighted by Gasteiger charge is 2.41. The van der Waals surface area contributed by atoms with Crippen LogP contribution in [0.15, 0.2) is 140 Å². The number of aliphatic carboxylic acids is 4. The number of carbonyl (C=O) groups is 17. The van der Waals surface area contributed by atoms with Gasteiger partial charge in [0.2, 0.25) is 70.9 Å². The van der Waals surface area contributed by atoms with Crippen LogP contribution in [0.3, 0.4) is 0 Å². The molecule has 7 atom stereocenters. The standard InChI is InChI=1S/C93H116N20O23S/c94-35-38-95-39-42-113-85-64-23-12-15-26-73(64)112(55-58-19-8-9-22-63(58)84(85)109-110-113)81(120)32-37-97-77(116)34-43-135-45-46-136-44-40-98-76(115)33-41-111-82(121)50-74(89(111)127)137-56-72(92(132)133)105-80(119)54-102-87(125)70(48-59-51-99-65-24-13-10-20-61(59)65)106-88(126)71(49-60-52-100-66-25-14-11-21-62(60)66)104-79(118)53-101-86(124)69(47-57-17-5-4-6-18-57)103-78(117)27-7-2-1-3-16-36-96-75(114)30-28-67(90(128)129)107-93(134)108-68(91(130)131)29-31-83(122)123/h4-6,8-15,17-26,51-52,67-72,74,95,99-100H,1-3,7,16,27-50,53-56,94H2,(H,96,114)(H,97,116)(H,98,115)(H,101,124)(H,102,125)(H,103,117)(H,104,118)(H,105,119)(H,106,126)(H,122,123)(H,128,129)(H,130,131)(H,132,133)(H2,107,108,134)/t67-,68-,69?,70?,71?,72?,74?/m0/s1. The van der Waals surface area contributed by atoms with Gasteiger partial charge in [-0.05, 0) is 66.1 Å².